The molecule has 4 rings (SSSR count). The van der Waals surface area contributed by atoms with Crippen LogP contribution in [-0.4, -0.2) is 101 Å². The van der Waals surface area contributed by atoms with Crippen molar-refractivity contribution in [1.82, 2.24) is 24.4 Å². The van der Waals surface area contributed by atoms with Crippen molar-refractivity contribution in [1.29, 1.82) is 0 Å². The van der Waals surface area contributed by atoms with Crippen molar-refractivity contribution in [3.8, 4) is 0 Å². The highest BCUT2D eigenvalue weighted by molar-refractivity contribution is 7.71. The Balaban J connectivity index is 1.45. The van der Waals surface area contributed by atoms with Gasteiger partial charge in [-0.2, -0.15) is 0 Å². The lowest BCUT2D eigenvalue weighted by Gasteiger charge is -2.24. The Morgan fingerprint density at radius 3 is 2.40 bits per heavy atom. The van der Waals surface area contributed by atoms with E-state index in [1.807, 2.05) is 4.98 Å². The third-order valence-electron chi connectivity index (χ3n) is 6.29. The molecule has 0 aliphatic carbocycles. The summed E-state index contributed by atoms with van der Waals surface area (Å²) in [5.74, 6) is 0. The maximum atomic E-state index is 12.7. The Labute approximate surface area is 229 Å². The molecule has 2 saturated heterocycles. The number of phosphoric ester groups is 1. The van der Waals surface area contributed by atoms with Crippen LogP contribution in [0, 0.1) is 4.77 Å². The van der Waals surface area contributed by atoms with Gasteiger partial charge < -0.3 is 40.1 Å². The van der Waals surface area contributed by atoms with Crippen molar-refractivity contribution in [2.24, 2.45) is 0 Å². The molecule has 2 aliphatic heterocycles. The highest BCUT2D eigenvalue weighted by Gasteiger charge is 2.50. The lowest BCUT2D eigenvalue weighted by Crippen LogP contribution is -2.38. The number of hydrogen-bond donors (Lipinski definition) is 8. The summed E-state index contributed by atoms with van der Waals surface area (Å²) in [7, 11) is -3.43. The molecule has 0 radical (unpaired) electrons. The number of hydrogen-bond acceptors (Lipinski definition) is 14. The first kappa shape index (κ1) is 30.6. The normalized spacial score (nSPS) is 31.9. The number of H-pyrrole nitrogens is 2. The maximum Gasteiger partial charge on any atom is 0.472 e. The first-order chi connectivity index (χ1) is 18.9. The van der Waals surface area contributed by atoms with Crippen molar-refractivity contribution in [3.05, 3.63) is 60.0 Å². The van der Waals surface area contributed by atoms with E-state index in [-0.39, 0.29) is 16.9 Å². The average Bonchev–Trinajstić information content (AvgIpc) is 3.35. The van der Waals surface area contributed by atoms with E-state index in [1.54, 1.807) is 7.05 Å². The topological polar surface area (TPSA) is 260 Å². The van der Waals surface area contributed by atoms with E-state index in [1.165, 1.54) is 10.8 Å². The van der Waals surface area contributed by atoms with Crippen LogP contribution < -0.4 is 22.1 Å². The van der Waals surface area contributed by atoms with E-state index in [0.717, 1.165) is 16.8 Å². The molecule has 222 valence electrons. The van der Waals surface area contributed by atoms with Crippen molar-refractivity contribution < 1.29 is 48.4 Å². The summed E-state index contributed by atoms with van der Waals surface area (Å²) >= 11 is 5.15. The Hall–Kier alpha value is -2.39. The van der Waals surface area contributed by atoms with Crippen molar-refractivity contribution in [2.45, 2.75) is 55.6 Å². The largest absolute Gasteiger partial charge is 0.472 e. The molecule has 4 heterocycles. The second-order valence-electron chi connectivity index (χ2n) is 8.99. The third-order valence-corrected chi connectivity index (χ3v) is 7.59. The van der Waals surface area contributed by atoms with Gasteiger partial charge in [0.1, 0.15) is 36.6 Å². The van der Waals surface area contributed by atoms with Crippen LogP contribution in [0.1, 0.15) is 18.0 Å². The molecule has 9 atom stereocenters. The maximum absolute atomic E-state index is 12.7. The van der Waals surface area contributed by atoms with Gasteiger partial charge in [0.25, 0.3) is 11.1 Å². The van der Waals surface area contributed by atoms with E-state index < -0.39 is 86.9 Å². The molecule has 0 bridgehead atoms. The van der Waals surface area contributed by atoms with Crippen molar-refractivity contribution in [3.63, 3.8) is 0 Å². The Morgan fingerprint density at radius 2 is 1.75 bits per heavy atom. The zero-order valence-corrected chi connectivity index (χ0v) is 22.4. The van der Waals surface area contributed by atoms with Gasteiger partial charge in [0, 0.05) is 30.6 Å². The van der Waals surface area contributed by atoms with Gasteiger partial charge >= 0.3 is 13.5 Å². The molecule has 2 fully saturated rings. The zero-order valence-electron chi connectivity index (χ0n) is 20.7. The zero-order chi connectivity index (χ0) is 29.4. The number of phosphoric acid groups is 1. The summed E-state index contributed by atoms with van der Waals surface area (Å²) in [5, 5.41) is 44.0. The highest BCUT2D eigenvalue weighted by Crippen LogP contribution is 2.49. The number of aromatic amines is 2. The molecular formula is C20H28N5O13PS. The SMILES string of the molecule is CNCc1cn([C@@H]2O[C@H](CO)[C@@H](OP(=O)(O)OC[C@H]3O[C@@H](n4ccc(=O)[nH]c4=O)[C@H](O)[C@@H]3O)[C@H]2O)c(=S)[nH]c1=O. The van der Waals surface area contributed by atoms with Gasteiger partial charge in [-0.25, -0.2) is 9.36 Å². The molecule has 40 heavy (non-hydrogen) atoms. The predicted molar refractivity (Wildman–Crippen MR) is 134 cm³/mol. The smallest absolute Gasteiger partial charge is 0.394 e. The number of aliphatic hydroxyl groups is 4. The van der Waals surface area contributed by atoms with Crippen molar-refractivity contribution in [2.75, 3.05) is 20.3 Å². The second-order valence-corrected chi connectivity index (χ2v) is 10.8. The van der Waals surface area contributed by atoms with Crippen LogP contribution in [0.15, 0.2) is 32.8 Å². The molecule has 2 aromatic rings. The molecule has 0 saturated carbocycles. The first-order valence-corrected chi connectivity index (χ1v) is 13.7. The van der Waals surface area contributed by atoms with Crippen LogP contribution >= 0.6 is 20.0 Å². The second kappa shape index (κ2) is 12.2. The molecule has 8 N–H and O–H groups in total. The molecule has 0 spiro atoms. The molecule has 1 unspecified atom stereocenters. The van der Waals surface area contributed by atoms with E-state index in [4.69, 9.17) is 30.7 Å². The Bertz CT molecular complexity index is 1490. The van der Waals surface area contributed by atoms with Gasteiger partial charge in [-0.15, -0.1) is 0 Å². The summed E-state index contributed by atoms with van der Waals surface area (Å²) in [6, 6.07) is 0.991. The highest BCUT2D eigenvalue weighted by atomic mass is 32.1. The monoisotopic (exact) mass is 609 g/mol. The summed E-state index contributed by atoms with van der Waals surface area (Å²) in [4.78, 5) is 50.1. The van der Waals surface area contributed by atoms with Crippen LogP contribution in [0.5, 0.6) is 0 Å². The number of rotatable bonds is 10. The van der Waals surface area contributed by atoms with E-state index in [0.29, 0.717) is 0 Å². The number of nitrogens with one attached hydrogen (secondary N) is 3. The summed E-state index contributed by atoms with van der Waals surface area (Å²) in [5.41, 5.74) is -1.86. The molecule has 20 heteroatoms. The van der Waals surface area contributed by atoms with Gasteiger partial charge in [-0.05, 0) is 19.3 Å². The quantitative estimate of drug-likeness (QED) is 0.0962. The fraction of sp³-hybridized carbons (Fsp3) is 0.600. The molecule has 0 amide bonds. The third kappa shape index (κ3) is 6.25. The average molecular weight is 610 g/mol. The Kier molecular flexibility index (Phi) is 9.35. The lowest BCUT2D eigenvalue weighted by atomic mass is 10.1. The van der Waals surface area contributed by atoms with Crippen LogP contribution in [0.25, 0.3) is 0 Å². The minimum atomic E-state index is -5.04. The lowest BCUT2D eigenvalue weighted by molar-refractivity contribution is -0.0613. The van der Waals surface area contributed by atoms with Gasteiger partial charge in [0.05, 0.1) is 13.2 Å². The van der Waals surface area contributed by atoms with Gasteiger partial charge in [0.15, 0.2) is 17.2 Å². The number of nitrogens with zero attached hydrogens (tertiary/aromatic N) is 2. The molecular weight excluding hydrogens is 581 g/mol. The Morgan fingerprint density at radius 1 is 1.07 bits per heavy atom. The number of ether oxygens (including phenoxy) is 2. The molecule has 2 aromatic heterocycles. The van der Waals surface area contributed by atoms with E-state index in [9.17, 15) is 44.3 Å². The van der Waals surface area contributed by atoms with Crippen LogP contribution in [0.4, 0.5) is 0 Å². The molecule has 18 nitrogen and oxygen atoms in total. The summed E-state index contributed by atoms with van der Waals surface area (Å²) < 4.78 is 35.7. The van der Waals surface area contributed by atoms with Crippen molar-refractivity contribution >= 4 is 20.0 Å². The molecule has 2 aliphatic rings. The van der Waals surface area contributed by atoms with Gasteiger partial charge in [0.2, 0.25) is 0 Å². The fourth-order valence-electron chi connectivity index (χ4n) is 4.34. The fourth-order valence-corrected chi connectivity index (χ4v) is 5.55. The summed E-state index contributed by atoms with van der Waals surface area (Å²) in [6.07, 6.45) is -9.78. The summed E-state index contributed by atoms with van der Waals surface area (Å²) in [6.45, 7) is -1.40. The number of aromatic nitrogens is 4. The van der Waals surface area contributed by atoms with E-state index >= 15 is 0 Å². The molecule has 0 aromatic carbocycles. The van der Waals surface area contributed by atoms with Crippen LogP contribution in [-0.2, 0) is 29.6 Å². The standard InChI is InChI=1S/C20H28N5O13PS/c1-21-4-8-5-25(20(40)23-16(8)31)18-14(30)15(9(6-26)36-18)38-39(33,34)35-7-10-12(28)13(29)17(37-10)24-3-2-11(27)22-19(24)32/h2-3,5,9-10,12-15,17-18,21,26,28-30H,4,6-7H2,1H3,(H,33,34)(H,22,27,32)(H,23,31,40)/t9-,10-,12-,13-,14-,15-,17-,18-/m1/s1. The predicted octanol–water partition coefficient (Wildman–Crippen LogP) is -3.45. The van der Waals surface area contributed by atoms with E-state index in [2.05, 4.69) is 10.3 Å². The van der Waals surface area contributed by atoms with Crippen LogP contribution in [0.3, 0.4) is 0 Å². The van der Waals surface area contributed by atoms with Gasteiger partial charge in [-0.3, -0.25) is 37.7 Å². The van der Waals surface area contributed by atoms with Gasteiger partial charge in [-0.1, -0.05) is 0 Å². The van der Waals surface area contributed by atoms with Crippen LogP contribution in [0.2, 0.25) is 0 Å². The first-order valence-electron chi connectivity index (χ1n) is 11.8. The minimum Gasteiger partial charge on any atom is -0.394 e. The minimum absolute atomic E-state index is 0.128. The number of aliphatic hydroxyl groups excluding tert-OH is 4.